The summed E-state index contributed by atoms with van der Waals surface area (Å²) in [5.41, 5.74) is 1.49. The summed E-state index contributed by atoms with van der Waals surface area (Å²) < 4.78 is 28.1. The zero-order valence-corrected chi connectivity index (χ0v) is 11.0. The Balaban J connectivity index is 2.42. The average molecular weight is 265 g/mol. The highest BCUT2D eigenvalue weighted by molar-refractivity contribution is 5.33. The van der Waals surface area contributed by atoms with Crippen molar-refractivity contribution in [1.82, 2.24) is 15.3 Å². The normalized spacial score (nSPS) is 12.6. The van der Waals surface area contributed by atoms with Crippen LogP contribution in [0.2, 0.25) is 0 Å². The first-order valence-corrected chi connectivity index (χ1v) is 6.28. The van der Waals surface area contributed by atoms with Gasteiger partial charge in [0.15, 0.2) is 11.6 Å². The molecule has 1 aromatic heterocycles. The number of aromatic nitrogens is 2. The lowest BCUT2D eigenvalue weighted by Crippen LogP contribution is -2.11. The number of hydrogen-bond acceptors (Lipinski definition) is 2. The Hall–Kier alpha value is -1.75. The molecule has 5 heteroatoms. The van der Waals surface area contributed by atoms with Gasteiger partial charge in [0.05, 0.1) is 6.33 Å². The monoisotopic (exact) mass is 265 g/mol. The molecule has 0 bridgehead atoms. The number of halogens is 2. The van der Waals surface area contributed by atoms with Crippen molar-refractivity contribution < 1.29 is 8.78 Å². The Morgan fingerprint density at radius 2 is 2.11 bits per heavy atom. The minimum atomic E-state index is -0.773. The third-order valence-corrected chi connectivity index (χ3v) is 3.24. The van der Waals surface area contributed by atoms with Crippen LogP contribution in [-0.2, 0) is 6.54 Å². The quantitative estimate of drug-likeness (QED) is 0.872. The van der Waals surface area contributed by atoms with Crippen molar-refractivity contribution in [2.75, 3.05) is 7.05 Å². The van der Waals surface area contributed by atoms with Gasteiger partial charge in [-0.3, -0.25) is 0 Å². The van der Waals surface area contributed by atoms with Gasteiger partial charge in [0.2, 0.25) is 0 Å². The molecular weight excluding hydrogens is 248 g/mol. The van der Waals surface area contributed by atoms with E-state index in [1.807, 2.05) is 6.92 Å². The number of aromatic amines is 1. The van der Waals surface area contributed by atoms with Crippen LogP contribution < -0.4 is 5.32 Å². The molecular formula is C14H17F2N3. The van der Waals surface area contributed by atoms with E-state index in [1.165, 1.54) is 0 Å². The first-order valence-electron chi connectivity index (χ1n) is 6.28. The van der Waals surface area contributed by atoms with Crippen molar-refractivity contribution in [2.45, 2.75) is 25.8 Å². The predicted octanol–water partition coefficient (Wildman–Crippen LogP) is 2.95. The number of H-pyrrole nitrogens is 1. The maximum absolute atomic E-state index is 14.2. The summed E-state index contributed by atoms with van der Waals surface area (Å²) in [5, 5.41) is 2.82. The maximum Gasteiger partial charge on any atom is 0.163 e. The molecule has 0 aliphatic carbocycles. The van der Waals surface area contributed by atoms with Crippen LogP contribution in [0, 0.1) is 11.6 Å². The molecule has 3 nitrogen and oxygen atoms in total. The van der Waals surface area contributed by atoms with Gasteiger partial charge in [0.1, 0.15) is 0 Å². The van der Waals surface area contributed by atoms with Gasteiger partial charge in [-0.2, -0.15) is 0 Å². The second-order valence-corrected chi connectivity index (χ2v) is 4.44. The van der Waals surface area contributed by atoms with Gasteiger partial charge in [-0.15, -0.1) is 0 Å². The molecule has 0 fully saturated rings. The van der Waals surface area contributed by atoms with Crippen molar-refractivity contribution in [3.63, 3.8) is 0 Å². The molecule has 0 spiro atoms. The highest BCUT2D eigenvalue weighted by Gasteiger charge is 2.21. The number of nitrogens with zero attached hydrogens (tertiary/aromatic N) is 1. The molecule has 0 aliphatic rings. The predicted molar refractivity (Wildman–Crippen MR) is 69.8 cm³/mol. The van der Waals surface area contributed by atoms with Crippen LogP contribution in [0.25, 0.3) is 0 Å². The van der Waals surface area contributed by atoms with Gasteiger partial charge in [0.25, 0.3) is 0 Å². The van der Waals surface area contributed by atoms with Crippen LogP contribution in [0.3, 0.4) is 0 Å². The third-order valence-electron chi connectivity index (χ3n) is 3.24. The Morgan fingerprint density at radius 3 is 2.68 bits per heavy atom. The molecule has 0 aliphatic heterocycles. The van der Waals surface area contributed by atoms with E-state index in [2.05, 4.69) is 15.3 Å². The molecule has 19 heavy (non-hydrogen) atoms. The second kappa shape index (κ2) is 5.93. The Morgan fingerprint density at radius 1 is 1.32 bits per heavy atom. The fourth-order valence-electron chi connectivity index (χ4n) is 2.27. The highest BCUT2D eigenvalue weighted by Crippen LogP contribution is 2.30. The minimum absolute atomic E-state index is 0.208. The van der Waals surface area contributed by atoms with Crippen LogP contribution in [0.15, 0.2) is 24.7 Å². The van der Waals surface area contributed by atoms with Crippen LogP contribution in [0.5, 0.6) is 0 Å². The van der Waals surface area contributed by atoms with E-state index in [0.717, 1.165) is 5.69 Å². The number of benzene rings is 1. The lowest BCUT2D eigenvalue weighted by atomic mass is 9.92. The minimum Gasteiger partial charge on any atom is -0.348 e. The zero-order chi connectivity index (χ0) is 13.8. The van der Waals surface area contributed by atoms with Gasteiger partial charge in [-0.1, -0.05) is 19.1 Å². The molecule has 102 valence electrons. The number of hydrogen-bond donors (Lipinski definition) is 2. The van der Waals surface area contributed by atoms with E-state index in [9.17, 15) is 8.78 Å². The van der Waals surface area contributed by atoms with Crippen molar-refractivity contribution >= 4 is 0 Å². The molecule has 1 aromatic carbocycles. The SMILES string of the molecule is CCC(c1cnc[nH]1)c1ccc(CNC)c(F)c1F. The standard InChI is InChI=1S/C14H17F2N3/c1-3-10(12-7-18-8-19-12)11-5-4-9(6-17-2)13(15)14(11)16/h4-5,7-8,10,17H,3,6H2,1-2H3,(H,18,19). The van der Waals surface area contributed by atoms with E-state index in [0.29, 0.717) is 24.1 Å². The van der Waals surface area contributed by atoms with Gasteiger partial charge in [-0.05, 0) is 19.0 Å². The van der Waals surface area contributed by atoms with Crippen molar-refractivity contribution in [1.29, 1.82) is 0 Å². The lowest BCUT2D eigenvalue weighted by molar-refractivity contribution is 0.480. The summed E-state index contributed by atoms with van der Waals surface area (Å²) in [7, 11) is 1.70. The molecule has 0 saturated carbocycles. The topological polar surface area (TPSA) is 40.7 Å². The van der Waals surface area contributed by atoms with Crippen LogP contribution in [0.1, 0.15) is 36.1 Å². The van der Waals surface area contributed by atoms with Crippen LogP contribution in [0.4, 0.5) is 8.78 Å². The van der Waals surface area contributed by atoms with Gasteiger partial charge in [0, 0.05) is 29.9 Å². The van der Waals surface area contributed by atoms with E-state index < -0.39 is 11.6 Å². The Bertz CT molecular complexity index is 538. The molecule has 2 N–H and O–H groups in total. The van der Waals surface area contributed by atoms with Crippen molar-refractivity contribution in [3.8, 4) is 0 Å². The molecule has 0 saturated heterocycles. The zero-order valence-electron chi connectivity index (χ0n) is 11.0. The van der Waals surface area contributed by atoms with Crippen molar-refractivity contribution in [2.24, 2.45) is 0 Å². The number of rotatable bonds is 5. The Labute approximate surface area is 111 Å². The Kier molecular flexibility index (Phi) is 4.27. The van der Waals surface area contributed by atoms with Gasteiger partial charge < -0.3 is 10.3 Å². The number of nitrogens with one attached hydrogen (secondary N) is 2. The van der Waals surface area contributed by atoms with Gasteiger partial charge >= 0.3 is 0 Å². The van der Waals surface area contributed by atoms with E-state index in [4.69, 9.17) is 0 Å². The smallest absolute Gasteiger partial charge is 0.163 e. The summed E-state index contributed by atoms with van der Waals surface area (Å²) in [6.45, 7) is 2.24. The highest BCUT2D eigenvalue weighted by atomic mass is 19.2. The van der Waals surface area contributed by atoms with E-state index >= 15 is 0 Å². The number of imidazole rings is 1. The summed E-state index contributed by atoms with van der Waals surface area (Å²) in [6.07, 6.45) is 3.86. The fraction of sp³-hybridized carbons (Fsp3) is 0.357. The van der Waals surface area contributed by atoms with E-state index in [1.54, 1.807) is 31.7 Å². The van der Waals surface area contributed by atoms with Gasteiger partial charge in [-0.25, -0.2) is 13.8 Å². The molecule has 0 amide bonds. The second-order valence-electron chi connectivity index (χ2n) is 4.44. The molecule has 0 radical (unpaired) electrons. The summed E-state index contributed by atoms with van der Waals surface area (Å²) in [5.74, 6) is -1.75. The first-order chi connectivity index (χ1) is 9.19. The fourth-order valence-corrected chi connectivity index (χ4v) is 2.27. The molecule has 2 aromatic rings. The summed E-state index contributed by atoms with van der Waals surface area (Å²) >= 11 is 0. The average Bonchev–Trinajstić information content (AvgIpc) is 2.92. The molecule has 1 heterocycles. The van der Waals surface area contributed by atoms with Crippen LogP contribution in [-0.4, -0.2) is 17.0 Å². The lowest BCUT2D eigenvalue weighted by Gasteiger charge is -2.16. The summed E-state index contributed by atoms with van der Waals surface area (Å²) in [6, 6.07) is 3.28. The largest absolute Gasteiger partial charge is 0.348 e. The molecule has 1 atom stereocenters. The third kappa shape index (κ3) is 2.66. The molecule has 2 rings (SSSR count). The first kappa shape index (κ1) is 13.7. The summed E-state index contributed by atoms with van der Waals surface area (Å²) in [4.78, 5) is 6.89. The van der Waals surface area contributed by atoms with Crippen LogP contribution >= 0.6 is 0 Å². The van der Waals surface area contributed by atoms with E-state index in [-0.39, 0.29) is 5.92 Å². The maximum atomic E-state index is 14.2. The molecule has 1 unspecified atom stereocenters. The van der Waals surface area contributed by atoms with Crippen molar-refractivity contribution in [3.05, 3.63) is 53.1 Å².